The van der Waals surface area contributed by atoms with Gasteiger partial charge in [-0.3, -0.25) is 9.78 Å². The minimum atomic E-state index is -0.283. The summed E-state index contributed by atoms with van der Waals surface area (Å²) in [5, 5.41) is 6.24. The zero-order valence-electron chi connectivity index (χ0n) is 15.5. The first-order chi connectivity index (χ1) is 13.2. The summed E-state index contributed by atoms with van der Waals surface area (Å²) in [7, 11) is 0. The van der Waals surface area contributed by atoms with Gasteiger partial charge in [-0.1, -0.05) is 37.3 Å². The number of amides is 1. The number of anilines is 3. The Balaban J connectivity index is 1.78. The van der Waals surface area contributed by atoms with E-state index in [9.17, 15) is 4.79 Å². The molecule has 0 radical (unpaired) electrons. The molecule has 0 unspecified atom stereocenters. The summed E-state index contributed by atoms with van der Waals surface area (Å²) in [6, 6.07) is 19.1. The fourth-order valence-corrected chi connectivity index (χ4v) is 2.78. The number of hydrogen-bond donors (Lipinski definition) is 2. The van der Waals surface area contributed by atoms with Gasteiger partial charge < -0.3 is 15.4 Å². The Morgan fingerprint density at radius 3 is 2.52 bits per heavy atom. The third kappa shape index (κ3) is 4.64. The van der Waals surface area contributed by atoms with Gasteiger partial charge in [-0.05, 0) is 49.2 Å². The maximum absolute atomic E-state index is 12.6. The second-order valence-electron chi connectivity index (χ2n) is 5.95. The van der Waals surface area contributed by atoms with Crippen LogP contribution < -0.4 is 15.4 Å². The summed E-state index contributed by atoms with van der Waals surface area (Å²) in [5.41, 5.74) is 4.01. The second-order valence-corrected chi connectivity index (χ2v) is 5.95. The predicted octanol–water partition coefficient (Wildman–Crippen LogP) is 5.04. The van der Waals surface area contributed by atoms with Crippen LogP contribution in [0.3, 0.4) is 0 Å². The van der Waals surface area contributed by atoms with Crippen LogP contribution in [0, 0.1) is 0 Å². The van der Waals surface area contributed by atoms with Gasteiger partial charge in [0.2, 0.25) is 0 Å². The third-order valence-corrected chi connectivity index (χ3v) is 4.10. The van der Waals surface area contributed by atoms with Crippen LogP contribution in [0.25, 0.3) is 0 Å². The molecule has 1 aromatic heterocycles. The molecule has 138 valence electrons. The van der Waals surface area contributed by atoms with Gasteiger partial charge in [-0.25, -0.2) is 0 Å². The van der Waals surface area contributed by atoms with E-state index in [2.05, 4.69) is 28.6 Å². The maximum Gasteiger partial charge on any atom is 0.274 e. The number of pyridine rings is 1. The molecule has 0 aliphatic carbocycles. The molecule has 0 aliphatic heterocycles. The van der Waals surface area contributed by atoms with Crippen molar-refractivity contribution in [1.82, 2.24) is 4.98 Å². The van der Waals surface area contributed by atoms with Gasteiger partial charge in [0, 0.05) is 17.6 Å². The number of nitrogens with one attached hydrogen (secondary N) is 2. The molecule has 0 atom stereocenters. The summed E-state index contributed by atoms with van der Waals surface area (Å²) in [4.78, 5) is 16.8. The lowest BCUT2D eigenvalue weighted by Gasteiger charge is -2.13. The van der Waals surface area contributed by atoms with E-state index in [1.54, 1.807) is 12.3 Å². The Bertz CT molecular complexity index is 925. The number of carbonyl (C=O) groups excluding carboxylic acids is 1. The molecule has 0 aliphatic rings. The highest BCUT2D eigenvalue weighted by atomic mass is 16.5. The van der Waals surface area contributed by atoms with Crippen LogP contribution in [-0.4, -0.2) is 17.5 Å². The highest BCUT2D eigenvalue weighted by molar-refractivity contribution is 6.04. The van der Waals surface area contributed by atoms with Crippen molar-refractivity contribution in [3.63, 3.8) is 0 Å². The third-order valence-electron chi connectivity index (χ3n) is 4.10. The van der Waals surface area contributed by atoms with Gasteiger partial charge in [-0.15, -0.1) is 0 Å². The fourth-order valence-electron chi connectivity index (χ4n) is 2.78. The van der Waals surface area contributed by atoms with Crippen molar-refractivity contribution in [3.8, 4) is 5.75 Å². The zero-order chi connectivity index (χ0) is 19.1. The number of para-hydroxylation sites is 3. The highest BCUT2D eigenvalue weighted by Gasteiger charge is 2.12. The lowest BCUT2D eigenvalue weighted by atomic mass is 10.1. The molecule has 0 saturated heterocycles. The molecular weight excluding hydrogens is 338 g/mol. The highest BCUT2D eigenvalue weighted by Crippen LogP contribution is 2.25. The SMILES string of the molecule is CCOc1ccccc1NC(=O)c1cc(Nc2ccccc2CC)ccn1. The van der Waals surface area contributed by atoms with Crippen molar-refractivity contribution in [1.29, 1.82) is 0 Å². The molecular formula is C22H23N3O2. The first-order valence-electron chi connectivity index (χ1n) is 9.05. The van der Waals surface area contributed by atoms with Gasteiger partial charge in [-0.2, -0.15) is 0 Å². The van der Waals surface area contributed by atoms with Crippen molar-refractivity contribution >= 4 is 23.0 Å². The standard InChI is InChI=1S/C22H23N3O2/c1-3-16-9-5-6-10-18(16)24-17-13-14-23-20(15-17)22(26)25-19-11-7-8-12-21(19)27-4-2/h5-15H,3-4H2,1-2H3,(H,23,24)(H,25,26). The quantitative estimate of drug-likeness (QED) is 0.619. The summed E-state index contributed by atoms with van der Waals surface area (Å²) < 4.78 is 5.55. The maximum atomic E-state index is 12.6. The summed E-state index contributed by atoms with van der Waals surface area (Å²) >= 11 is 0. The van der Waals surface area contributed by atoms with Crippen LogP contribution in [-0.2, 0) is 6.42 Å². The van der Waals surface area contributed by atoms with E-state index in [4.69, 9.17) is 4.74 Å². The van der Waals surface area contributed by atoms with E-state index < -0.39 is 0 Å². The van der Waals surface area contributed by atoms with Crippen molar-refractivity contribution in [2.45, 2.75) is 20.3 Å². The average molecular weight is 361 g/mol. The molecule has 2 N–H and O–H groups in total. The smallest absolute Gasteiger partial charge is 0.274 e. The minimum absolute atomic E-state index is 0.283. The zero-order valence-corrected chi connectivity index (χ0v) is 15.5. The van der Waals surface area contributed by atoms with Crippen LogP contribution in [0.2, 0.25) is 0 Å². The van der Waals surface area contributed by atoms with E-state index in [1.165, 1.54) is 5.56 Å². The number of rotatable bonds is 7. The molecule has 3 rings (SSSR count). The Morgan fingerprint density at radius 2 is 1.74 bits per heavy atom. The van der Waals surface area contributed by atoms with E-state index in [1.807, 2.05) is 55.5 Å². The molecule has 2 aromatic carbocycles. The number of aryl methyl sites for hydroxylation is 1. The van der Waals surface area contributed by atoms with E-state index in [0.29, 0.717) is 23.7 Å². The largest absolute Gasteiger partial charge is 0.492 e. The Kier molecular flexibility index (Phi) is 6.05. The molecule has 0 fully saturated rings. The first-order valence-corrected chi connectivity index (χ1v) is 9.05. The predicted molar refractivity (Wildman–Crippen MR) is 109 cm³/mol. The monoisotopic (exact) mass is 361 g/mol. The van der Waals surface area contributed by atoms with E-state index in [-0.39, 0.29) is 5.91 Å². The number of nitrogens with zero attached hydrogens (tertiary/aromatic N) is 1. The van der Waals surface area contributed by atoms with Crippen LogP contribution in [0.4, 0.5) is 17.1 Å². The Labute approximate surface area is 159 Å². The molecule has 27 heavy (non-hydrogen) atoms. The molecule has 0 bridgehead atoms. The molecule has 0 spiro atoms. The molecule has 5 heteroatoms. The fraction of sp³-hybridized carbons (Fsp3) is 0.182. The molecule has 5 nitrogen and oxygen atoms in total. The Morgan fingerprint density at radius 1 is 1.00 bits per heavy atom. The molecule has 0 saturated carbocycles. The topological polar surface area (TPSA) is 63.2 Å². The van der Waals surface area contributed by atoms with Crippen LogP contribution in [0.1, 0.15) is 29.9 Å². The summed E-state index contributed by atoms with van der Waals surface area (Å²) in [5.74, 6) is 0.356. The number of carbonyl (C=O) groups is 1. The number of hydrogen-bond acceptors (Lipinski definition) is 4. The minimum Gasteiger partial charge on any atom is -0.492 e. The molecule has 3 aromatic rings. The van der Waals surface area contributed by atoms with E-state index in [0.717, 1.165) is 17.8 Å². The Hall–Kier alpha value is -3.34. The lowest BCUT2D eigenvalue weighted by Crippen LogP contribution is -2.14. The number of ether oxygens (including phenoxy) is 1. The first kappa shape index (κ1) is 18.5. The second kappa shape index (κ2) is 8.85. The van der Waals surface area contributed by atoms with Gasteiger partial charge in [0.15, 0.2) is 0 Å². The van der Waals surface area contributed by atoms with E-state index >= 15 is 0 Å². The van der Waals surface area contributed by atoms with Crippen LogP contribution in [0.15, 0.2) is 66.9 Å². The molecule has 1 amide bonds. The van der Waals surface area contributed by atoms with Gasteiger partial charge in [0.05, 0.1) is 12.3 Å². The normalized spacial score (nSPS) is 10.3. The van der Waals surface area contributed by atoms with Crippen molar-refractivity contribution in [2.24, 2.45) is 0 Å². The van der Waals surface area contributed by atoms with Crippen molar-refractivity contribution in [3.05, 3.63) is 78.1 Å². The summed E-state index contributed by atoms with van der Waals surface area (Å²) in [6.07, 6.45) is 2.55. The van der Waals surface area contributed by atoms with Crippen LogP contribution >= 0.6 is 0 Å². The van der Waals surface area contributed by atoms with Gasteiger partial charge in [0.25, 0.3) is 5.91 Å². The number of aromatic nitrogens is 1. The van der Waals surface area contributed by atoms with Gasteiger partial charge >= 0.3 is 0 Å². The average Bonchev–Trinajstić information content (AvgIpc) is 2.70. The molecule has 1 heterocycles. The van der Waals surface area contributed by atoms with Crippen LogP contribution in [0.5, 0.6) is 5.75 Å². The number of benzene rings is 2. The summed E-state index contributed by atoms with van der Waals surface area (Å²) in [6.45, 7) is 4.55. The van der Waals surface area contributed by atoms with Crippen molar-refractivity contribution in [2.75, 3.05) is 17.2 Å². The lowest BCUT2D eigenvalue weighted by molar-refractivity contribution is 0.102. The van der Waals surface area contributed by atoms with Crippen molar-refractivity contribution < 1.29 is 9.53 Å². The van der Waals surface area contributed by atoms with Gasteiger partial charge in [0.1, 0.15) is 11.4 Å².